The quantitative estimate of drug-likeness (QED) is 0.660. The Balaban J connectivity index is 1.68. The number of carboxylic acid groups (broad SMARTS) is 1. The first-order chi connectivity index (χ1) is 16.8. The minimum absolute atomic E-state index is 0.205. The molecule has 1 heterocycles. The summed E-state index contributed by atoms with van der Waals surface area (Å²) in [5.41, 5.74) is 5.44. The molecule has 3 amide bonds. The highest BCUT2D eigenvalue weighted by atomic mass is 16.5. The van der Waals surface area contributed by atoms with Gasteiger partial charge in [-0.05, 0) is 74.3 Å². The maximum Gasteiger partial charge on any atom is 0.407 e. The van der Waals surface area contributed by atoms with Gasteiger partial charge in [0.05, 0.1) is 13.7 Å². The minimum atomic E-state index is -1.20. The van der Waals surface area contributed by atoms with E-state index in [9.17, 15) is 19.5 Å². The Bertz CT molecular complexity index is 1130. The molecule has 2 aromatic carbocycles. The Morgan fingerprint density at radius 3 is 2.63 bits per heavy atom. The van der Waals surface area contributed by atoms with Gasteiger partial charge >= 0.3 is 6.09 Å². The number of rotatable bonds is 6. The lowest BCUT2D eigenvalue weighted by atomic mass is 9.87. The number of aryl methyl sites for hydroxylation is 2. The number of likely N-dealkylation sites (N-methyl/N-ethyl adjacent to an activating group) is 1. The van der Waals surface area contributed by atoms with Crippen molar-refractivity contribution >= 4 is 23.6 Å². The molecule has 0 saturated carbocycles. The summed E-state index contributed by atoms with van der Waals surface area (Å²) >= 11 is 0. The van der Waals surface area contributed by atoms with Crippen LogP contribution in [0.3, 0.4) is 0 Å². The first-order valence-electron chi connectivity index (χ1n) is 12.1. The number of anilines is 1. The lowest BCUT2D eigenvalue weighted by Crippen LogP contribution is -2.53. The minimum Gasteiger partial charge on any atom is -0.496 e. The van der Waals surface area contributed by atoms with Crippen molar-refractivity contribution in [1.82, 2.24) is 10.2 Å². The fourth-order valence-electron chi connectivity index (χ4n) is 5.05. The van der Waals surface area contributed by atoms with E-state index >= 15 is 0 Å². The number of hydrogen-bond acceptors (Lipinski definition) is 4. The number of para-hydroxylation sites is 1. The van der Waals surface area contributed by atoms with Crippen LogP contribution in [0.2, 0.25) is 0 Å². The molecule has 0 spiro atoms. The molecule has 8 nitrogen and oxygen atoms in total. The van der Waals surface area contributed by atoms with Gasteiger partial charge in [0.1, 0.15) is 17.8 Å². The molecule has 2 N–H and O–H groups in total. The third-order valence-corrected chi connectivity index (χ3v) is 7.27. The number of nitrogens with one attached hydrogen (secondary N) is 1. The maximum absolute atomic E-state index is 13.9. The Morgan fingerprint density at radius 1 is 1.14 bits per heavy atom. The highest BCUT2D eigenvalue weighted by Gasteiger charge is 2.34. The van der Waals surface area contributed by atoms with E-state index in [2.05, 4.69) is 11.4 Å². The zero-order valence-electron chi connectivity index (χ0n) is 20.5. The van der Waals surface area contributed by atoms with E-state index in [1.807, 2.05) is 30.3 Å². The molecular formula is C27H33N3O5. The molecule has 35 heavy (non-hydrogen) atoms. The monoisotopic (exact) mass is 479 g/mol. The van der Waals surface area contributed by atoms with Crippen LogP contribution in [0, 0.1) is 0 Å². The van der Waals surface area contributed by atoms with Crippen molar-refractivity contribution < 1.29 is 24.2 Å². The van der Waals surface area contributed by atoms with Gasteiger partial charge in [0.25, 0.3) is 0 Å². The van der Waals surface area contributed by atoms with Gasteiger partial charge in [-0.25, -0.2) is 4.79 Å². The van der Waals surface area contributed by atoms with Crippen LogP contribution >= 0.6 is 0 Å². The van der Waals surface area contributed by atoms with Crippen LogP contribution in [-0.2, 0) is 35.4 Å². The summed E-state index contributed by atoms with van der Waals surface area (Å²) in [5, 5.41) is 12.1. The van der Waals surface area contributed by atoms with E-state index in [0.717, 1.165) is 53.1 Å². The second-order valence-corrected chi connectivity index (χ2v) is 9.31. The van der Waals surface area contributed by atoms with Crippen molar-refractivity contribution in [1.29, 1.82) is 0 Å². The SMILES string of the molecule is COc1ccc2c(c1CN1C(=O)[C@@H](NC(=O)[C@H](C)N(C)C(=O)O)CCc3ccccc31)CCCC2. The van der Waals surface area contributed by atoms with Crippen LogP contribution in [0.5, 0.6) is 5.75 Å². The van der Waals surface area contributed by atoms with E-state index in [1.54, 1.807) is 12.0 Å². The molecular weight excluding hydrogens is 446 g/mol. The molecule has 2 atom stereocenters. The number of amides is 3. The molecule has 1 aliphatic carbocycles. The second-order valence-electron chi connectivity index (χ2n) is 9.31. The van der Waals surface area contributed by atoms with Gasteiger partial charge in [-0.1, -0.05) is 24.3 Å². The summed E-state index contributed by atoms with van der Waals surface area (Å²) in [5.74, 6) is 0.0650. The first-order valence-corrected chi connectivity index (χ1v) is 12.1. The molecule has 0 aromatic heterocycles. The average Bonchev–Trinajstić information content (AvgIpc) is 3.00. The summed E-state index contributed by atoms with van der Waals surface area (Å²) in [7, 11) is 2.99. The van der Waals surface area contributed by atoms with Crippen molar-refractivity contribution in [3.05, 3.63) is 58.7 Å². The van der Waals surface area contributed by atoms with Crippen LogP contribution in [0.4, 0.5) is 10.5 Å². The van der Waals surface area contributed by atoms with E-state index in [0.29, 0.717) is 19.4 Å². The molecule has 8 heteroatoms. The molecule has 1 aliphatic heterocycles. The third-order valence-electron chi connectivity index (χ3n) is 7.27. The van der Waals surface area contributed by atoms with Gasteiger partial charge in [-0.15, -0.1) is 0 Å². The number of methoxy groups -OCH3 is 1. The van der Waals surface area contributed by atoms with Crippen molar-refractivity contribution in [2.75, 3.05) is 19.1 Å². The predicted octanol–water partition coefficient (Wildman–Crippen LogP) is 3.54. The van der Waals surface area contributed by atoms with Crippen LogP contribution in [0.1, 0.15) is 48.4 Å². The van der Waals surface area contributed by atoms with Crippen molar-refractivity contribution in [2.24, 2.45) is 0 Å². The van der Waals surface area contributed by atoms with Gasteiger partial charge in [0.2, 0.25) is 11.8 Å². The second kappa shape index (κ2) is 10.4. The van der Waals surface area contributed by atoms with Gasteiger partial charge < -0.3 is 20.1 Å². The number of ether oxygens (including phenoxy) is 1. The van der Waals surface area contributed by atoms with Crippen LogP contribution in [0.15, 0.2) is 36.4 Å². The largest absolute Gasteiger partial charge is 0.496 e. The molecule has 0 radical (unpaired) electrons. The molecule has 0 saturated heterocycles. The number of nitrogens with zero attached hydrogens (tertiary/aromatic N) is 2. The van der Waals surface area contributed by atoms with Gasteiger partial charge in [0, 0.05) is 18.3 Å². The lowest BCUT2D eigenvalue weighted by molar-refractivity contribution is -0.130. The first kappa shape index (κ1) is 24.6. The standard InChI is InChI=1S/C27H33N3O5/c1-17(29(2)27(33)34)25(31)28-22-14-12-19-9-5-7-11-23(19)30(26(22)32)16-21-20-10-6-4-8-18(20)13-15-24(21)35-3/h5,7,9,11,13,15,17,22H,4,6,8,10,12,14,16H2,1-3H3,(H,28,31)(H,33,34)/t17-,22-/m0/s1. The number of fused-ring (bicyclic) bond motifs is 2. The highest BCUT2D eigenvalue weighted by Crippen LogP contribution is 2.35. The third kappa shape index (κ3) is 4.97. The molecule has 2 aliphatic rings. The summed E-state index contributed by atoms with van der Waals surface area (Å²) in [4.78, 5) is 40.7. The fourth-order valence-corrected chi connectivity index (χ4v) is 5.05. The number of carbonyl (C=O) groups excluding carboxylic acids is 2. The molecule has 2 aromatic rings. The van der Waals surface area contributed by atoms with Gasteiger partial charge in [-0.3, -0.25) is 14.5 Å². The van der Waals surface area contributed by atoms with Crippen molar-refractivity contribution in [3.8, 4) is 5.75 Å². The molecule has 0 unspecified atom stereocenters. The summed E-state index contributed by atoms with van der Waals surface area (Å²) in [6, 6.07) is 10.3. The molecule has 0 bridgehead atoms. The topological polar surface area (TPSA) is 99.2 Å². The lowest BCUT2D eigenvalue weighted by Gasteiger charge is -2.30. The Kier molecular flexibility index (Phi) is 7.28. The number of benzene rings is 2. The predicted molar refractivity (Wildman–Crippen MR) is 133 cm³/mol. The van der Waals surface area contributed by atoms with Gasteiger partial charge in [0.15, 0.2) is 0 Å². The summed E-state index contributed by atoms with van der Waals surface area (Å²) < 4.78 is 5.71. The molecule has 0 fully saturated rings. The van der Waals surface area contributed by atoms with Gasteiger partial charge in [-0.2, -0.15) is 0 Å². The number of carbonyl (C=O) groups is 3. The molecule has 186 valence electrons. The molecule has 4 rings (SSSR count). The zero-order valence-corrected chi connectivity index (χ0v) is 20.5. The fraction of sp³-hybridized carbons (Fsp3) is 0.444. The number of hydrogen-bond donors (Lipinski definition) is 2. The maximum atomic E-state index is 13.9. The Hall–Kier alpha value is -3.55. The summed E-state index contributed by atoms with van der Waals surface area (Å²) in [6.45, 7) is 1.86. The van der Waals surface area contributed by atoms with E-state index < -0.39 is 24.1 Å². The van der Waals surface area contributed by atoms with Crippen LogP contribution < -0.4 is 15.0 Å². The highest BCUT2D eigenvalue weighted by molar-refractivity contribution is 6.01. The smallest absolute Gasteiger partial charge is 0.407 e. The van der Waals surface area contributed by atoms with E-state index in [1.165, 1.54) is 25.1 Å². The van der Waals surface area contributed by atoms with Crippen LogP contribution in [0.25, 0.3) is 0 Å². The summed E-state index contributed by atoms with van der Waals surface area (Å²) in [6.07, 6.45) is 4.08. The zero-order chi connectivity index (χ0) is 25.1. The van der Waals surface area contributed by atoms with Crippen LogP contribution in [-0.4, -0.2) is 54.2 Å². The Morgan fingerprint density at radius 2 is 1.89 bits per heavy atom. The normalized spacial score (nSPS) is 18.1. The Labute approximate surface area is 205 Å². The van der Waals surface area contributed by atoms with Crippen molar-refractivity contribution in [2.45, 2.75) is 64.1 Å². The van der Waals surface area contributed by atoms with E-state index in [-0.39, 0.29) is 5.91 Å². The van der Waals surface area contributed by atoms with E-state index in [4.69, 9.17) is 4.74 Å². The van der Waals surface area contributed by atoms with Crippen molar-refractivity contribution in [3.63, 3.8) is 0 Å². The average molecular weight is 480 g/mol.